The van der Waals surface area contributed by atoms with Crippen LogP contribution in [0.5, 0.6) is 0 Å². The van der Waals surface area contributed by atoms with Crippen LogP contribution >= 0.6 is 0 Å². The maximum absolute atomic E-state index is 13.0. The van der Waals surface area contributed by atoms with Gasteiger partial charge in [-0.2, -0.15) is 5.10 Å². The number of nitrogens with zero attached hydrogens (tertiary/aromatic N) is 4. The van der Waals surface area contributed by atoms with Crippen molar-refractivity contribution in [2.24, 2.45) is 11.8 Å². The minimum absolute atomic E-state index is 0.00245. The molecule has 0 radical (unpaired) electrons. The number of aliphatic hydroxyl groups excluding tert-OH is 1. The van der Waals surface area contributed by atoms with Crippen LogP contribution in [0.4, 0.5) is 0 Å². The van der Waals surface area contributed by atoms with Crippen LogP contribution in [-0.4, -0.2) is 66.4 Å². The van der Waals surface area contributed by atoms with Gasteiger partial charge < -0.3 is 20.1 Å². The molecule has 1 aliphatic heterocycles. The molecule has 1 aliphatic carbocycles. The number of likely N-dealkylation sites (tertiary alicyclic amines) is 1. The predicted octanol–water partition coefficient (Wildman–Crippen LogP) is 1.54. The van der Waals surface area contributed by atoms with Gasteiger partial charge in [-0.15, -0.1) is 0 Å². The number of carbonyl (C=O) groups is 2. The molecular formula is C20H23N5O4. The number of imidazole rings is 1. The molecule has 9 nitrogen and oxygen atoms in total. The summed E-state index contributed by atoms with van der Waals surface area (Å²) in [5.41, 5.74) is 2.42. The number of H-pyrrole nitrogens is 1. The largest absolute Gasteiger partial charge is 0.483 e. The summed E-state index contributed by atoms with van der Waals surface area (Å²) in [6.45, 7) is 1.21. The molecule has 9 heteroatoms. The average molecular weight is 397 g/mol. The standard InChI is InChI=1S/C19H21N5O2.CH2O2/c25-18-8-14-10-23(9-13(14)7-17(18)24-5-1-4-22-24)19(26)12-2-3-15-16(6-12)21-11-20-15;2-1-3/h1-6,11,13-14,17-18,25H,7-10H2,(H,20,21);1H,(H,2,3)/t13-,14+,17-,18-;/m1./s1. The number of hydrogen-bond donors (Lipinski definition) is 3. The number of nitrogens with one attached hydrogen (secondary N) is 1. The van der Waals surface area contributed by atoms with E-state index >= 15 is 0 Å². The van der Waals surface area contributed by atoms with Crippen LogP contribution in [0.25, 0.3) is 11.0 Å². The molecule has 3 heterocycles. The van der Waals surface area contributed by atoms with E-state index in [2.05, 4.69) is 15.1 Å². The zero-order chi connectivity index (χ0) is 20.4. The summed E-state index contributed by atoms with van der Waals surface area (Å²) in [4.78, 5) is 30.5. The van der Waals surface area contributed by atoms with Crippen LogP contribution in [-0.2, 0) is 4.79 Å². The fourth-order valence-corrected chi connectivity index (χ4v) is 4.59. The third-order valence-corrected chi connectivity index (χ3v) is 5.93. The first-order chi connectivity index (χ1) is 14.1. The van der Waals surface area contributed by atoms with E-state index in [1.54, 1.807) is 12.5 Å². The lowest BCUT2D eigenvalue weighted by atomic mass is 9.77. The van der Waals surface area contributed by atoms with Crippen molar-refractivity contribution in [3.8, 4) is 0 Å². The first-order valence-electron chi connectivity index (χ1n) is 9.58. The summed E-state index contributed by atoms with van der Waals surface area (Å²) in [5, 5.41) is 21.7. The highest BCUT2D eigenvalue weighted by Gasteiger charge is 2.43. The number of aromatic amines is 1. The van der Waals surface area contributed by atoms with Crippen molar-refractivity contribution in [3.63, 3.8) is 0 Å². The van der Waals surface area contributed by atoms with Crippen molar-refractivity contribution < 1.29 is 19.8 Å². The minimum atomic E-state index is -0.410. The molecule has 2 aromatic heterocycles. The van der Waals surface area contributed by atoms with Crippen LogP contribution in [0.2, 0.25) is 0 Å². The van der Waals surface area contributed by atoms with Crippen LogP contribution in [0.15, 0.2) is 43.0 Å². The van der Waals surface area contributed by atoms with Crippen molar-refractivity contribution in [2.75, 3.05) is 13.1 Å². The predicted molar refractivity (Wildman–Crippen MR) is 104 cm³/mol. The van der Waals surface area contributed by atoms with Gasteiger partial charge in [0.25, 0.3) is 12.4 Å². The Morgan fingerprint density at radius 1 is 1.24 bits per heavy atom. The second kappa shape index (κ2) is 8.04. The number of carboxylic acid groups (broad SMARTS) is 1. The fraction of sp³-hybridized carbons (Fsp3) is 0.400. The van der Waals surface area contributed by atoms with E-state index in [1.807, 2.05) is 40.0 Å². The van der Waals surface area contributed by atoms with Gasteiger partial charge >= 0.3 is 0 Å². The molecule has 3 N–H and O–H groups in total. The van der Waals surface area contributed by atoms with Gasteiger partial charge in [-0.1, -0.05) is 0 Å². The van der Waals surface area contributed by atoms with Gasteiger partial charge in [0.05, 0.1) is 29.5 Å². The molecule has 1 saturated carbocycles. The van der Waals surface area contributed by atoms with Gasteiger partial charge in [-0.05, 0) is 48.9 Å². The van der Waals surface area contributed by atoms with E-state index in [1.165, 1.54) is 0 Å². The van der Waals surface area contributed by atoms with Crippen molar-refractivity contribution in [3.05, 3.63) is 48.5 Å². The zero-order valence-electron chi connectivity index (χ0n) is 15.8. The van der Waals surface area contributed by atoms with Crippen LogP contribution in [0.1, 0.15) is 29.2 Å². The molecular weight excluding hydrogens is 374 g/mol. The van der Waals surface area contributed by atoms with E-state index in [0.717, 1.165) is 30.4 Å². The molecule has 2 aliphatic rings. The summed E-state index contributed by atoms with van der Waals surface area (Å²) >= 11 is 0. The lowest BCUT2D eigenvalue weighted by Crippen LogP contribution is -2.36. The number of aromatic nitrogens is 4. The Bertz CT molecular complexity index is 986. The van der Waals surface area contributed by atoms with E-state index in [0.29, 0.717) is 23.9 Å². The second-order valence-electron chi connectivity index (χ2n) is 7.56. The number of fused-ring (bicyclic) bond motifs is 2. The Morgan fingerprint density at radius 2 is 2.00 bits per heavy atom. The Morgan fingerprint density at radius 3 is 2.72 bits per heavy atom. The molecule has 3 aromatic rings. The topological polar surface area (TPSA) is 124 Å². The van der Waals surface area contributed by atoms with Crippen molar-refractivity contribution in [2.45, 2.75) is 25.0 Å². The molecule has 29 heavy (non-hydrogen) atoms. The molecule has 0 unspecified atom stereocenters. The highest BCUT2D eigenvalue weighted by molar-refractivity contribution is 5.97. The smallest absolute Gasteiger partial charge is 0.290 e. The number of rotatable bonds is 2. The lowest BCUT2D eigenvalue weighted by Gasteiger charge is -2.35. The SMILES string of the molecule is O=C(c1ccc2nc[nH]c2c1)N1C[C@H]2C[C@@H](n3cccn3)[C@H](O)C[C@H]2C1.O=CO. The quantitative estimate of drug-likeness (QED) is 0.564. The number of carbonyl (C=O) groups excluding carboxylic acids is 1. The molecule has 1 aromatic carbocycles. The summed E-state index contributed by atoms with van der Waals surface area (Å²) < 4.78 is 1.86. The average Bonchev–Trinajstić information content (AvgIpc) is 3.46. The third kappa shape index (κ3) is 3.73. The van der Waals surface area contributed by atoms with Gasteiger partial charge in [0.2, 0.25) is 0 Å². The van der Waals surface area contributed by atoms with E-state index in [9.17, 15) is 9.90 Å². The van der Waals surface area contributed by atoms with Crippen LogP contribution in [0.3, 0.4) is 0 Å². The first kappa shape index (κ1) is 19.1. The highest BCUT2D eigenvalue weighted by atomic mass is 16.3. The fourth-order valence-electron chi connectivity index (χ4n) is 4.59. The zero-order valence-corrected chi connectivity index (χ0v) is 15.8. The number of benzene rings is 1. The highest BCUT2D eigenvalue weighted by Crippen LogP contribution is 2.41. The van der Waals surface area contributed by atoms with Crippen LogP contribution in [0, 0.1) is 11.8 Å². The summed E-state index contributed by atoms with van der Waals surface area (Å²) in [6, 6.07) is 7.47. The van der Waals surface area contributed by atoms with Gasteiger partial charge in [-0.3, -0.25) is 14.3 Å². The first-order valence-corrected chi connectivity index (χ1v) is 9.58. The Labute approximate surface area is 167 Å². The Balaban J connectivity index is 0.000000645. The maximum Gasteiger partial charge on any atom is 0.290 e. The van der Waals surface area contributed by atoms with Crippen molar-refractivity contribution in [1.29, 1.82) is 0 Å². The van der Waals surface area contributed by atoms with Gasteiger partial charge in [-0.25, -0.2) is 4.98 Å². The monoisotopic (exact) mass is 397 g/mol. The van der Waals surface area contributed by atoms with Crippen molar-refractivity contribution in [1.82, 2.24) is 24.6 Å². The molecule has 152 valence electrons. The Hall–Kier alpha value is -3.20. The Kier molecular flexibility index (Phi) is 5.30. The van der Waals surface area contributed by atoms with E-state index < -0.39 is 6.10 Å². The molecule has 4 atom stereocenters. The molecule has 1 amide bonds. The van der Waals surface area contributed by atoms with Gasteiger partial charge in [0.1, 0.15) is 0 Å². The third-order valence-electron chi connectivity index (χ3n) is 5.93. The number of aliphatic hydroxyl groups is 1. The maximum atomic E-state index is 13.0. The second-order valence-corrected chi connectivity index (χ2v) is 7.56. The van der Waals surface area contributed by atoms with Crippen LogP contribution < -0.4 is 0 Å². The molecule has 5 rings (SSSR count). The minimum Gasteiger partial charge on any atom is -0.483 e. The summed E-state index contributed by atoms with van der Waals surface area (Å²) in [7, 11) is 0. The number of amides is 1. The normalized spacial score (nSPS) is 25.9. The van der Waals surface area contributed by atoms with E-state index in [-0.39, 0.29) is 18.4 Å². The molecule has 2 fully saturated rings. The molecule has 0 spiro atoms. The number of hydrogen-bond acceptors (Lipinski definition) is 5. The van der Waals surface area contributed by atoms with E-state index in [4.69, 9.17) is 9.90 Å². The lowest BCUT2D eigenvalue weighted by molar-refractivity contribution is -0.122. The van der Waals surface area contributed by atoms with Gasteiger partial charge in [0.15, 0.2) is 0 Å². The van der Waals surface area contributed by atoms with Gasteiger partial charge in [0, 0.05) is 31.0 Å². The summed E-state index contributed by atoms with van der Waals surface area (Å²) in [6.07, 6.45) is 6.46. The molecule has 1 saturated heterocycles. The molecule has 0 bridgehead atoms. The van der Waals surface area contributed by atoms with Crippen molar-refractivity contribution >= 4 is 23.4 Å². The summed E-state index contributed by atoms with van der Waals surface area (Å²) in [5.74, 6) is 0.824.